The molecule has 0 bridgehead atoms. The summed E-state index contributed by atoms with van der Waals surface area (Å²) in [6.45, 7) is 0.268. The van der Waals surface area contributed by atoms with Gasteiger partial charge in [-0.25, -0.2) is 12.8 Å². The number of rotatable bonds is 3. The van der Waals surface area contributed by atoms with E-state index in [1.165, 1.54) is 0 Å². The molecule has 1 fully saturated rings. The predicted octanol–water partition coefficient (Wildman–Crippen LogP) is 0.846. The van der Waals surface area contributed by atoms with Gasteiger partial charge >= 0.3 is 0 Å². The summed E-state index contributed by atoms with van der Waals surface area (Å²) in [6, 6.07) is 2.89. The second kappa shape index (κ2) is 5.43. The van der Waals surface area contributed by atoms with E-state index in [-0.39, 0.29) is 19.1 Å². The number of nitro benzene ring substituents is 1. The molecule has 0 saturated carbocycles. The first-order valence-corrected chi connectivity index (χ1v) is 7.46. The minimum absolute atomic E-state index is 0.0999. The van der Waals surface area contributed by atoms with E-state index in [4.69, 9.17) is 5.73 Å². The van der Waals surface area contributed by atoms with Gasteiger partial charge in [0.15, 0.2) is 4.90 Å². The quantitative estimate of drug-likeness (QED) is 0.658. The number of nitrogens with two attached hydrogens (primary N) is 1. The Bertz CT molecular complexity index is 627. The summed E-state index contributed by atoms with van der Waals surface area (Å²) >= 11 is 0. The Morgan fingerprint density at radius 1 is 1.35 bits per heavy atom. The summed E-state index contributed by atoms with van der Waals surface area (Å²) < 4.78 is 39.6. The molecule has 1 aliphatic rings. The number of hydrogen-bond donors (Lipinski definition) is 1. The minimum Gasteiger partial charge on any atom is -0.328 e. The Balaban J connectivity index is 2.47. The minimum atomic E-state index is -4.23. The van der Waals surface area contributed by atoms with Crippen molar-refractivity contribution in [2.45, 2.75) is 23.8 Å². The van der Waals surface area contributed by atoms with Crippen molar-refractivity contribution in [2.24, 2.45) is 5.73 Å². The SMILES string of the molecule is NC1CCN(S(=O)(=O)c2c(F)cccc2[N+](=O)[O-])CC1. The Labute approximate surface area is 115 Å². The van der Waals surface area contributed by atoms with Gasteiger partial charge < -0.3 is 5.73 Å². The lowest BCUT2D eigenvalue weighted by Gasteiger charge is -2.29. The fourth-order valence-corrected chi connectivity index (χ4v) is 3.81. The molecular formula is C11H14FN3O4S. The first-order valence-electron chi connectivity index (χ1n) is 6.02. The molecule has 0 amide bonds. The van der Waals surface area contributed by atoms with Crippen molar-refractivity contribution in [2.75, 3.05) is 13.1 Å². The maximum Gasteiger partial charge on any atom is 0.292 e. The van der Waals surface area contributed by atoms with Crippen LogP contribution in [0.5, 0.6) is 0 Å². The second-order valence-electron chi connectivity index (χ2n) is 4.59. The number of piperidine rings is 1. The largest absolute Gasteiger partial charge is 0.328 e. The Hall–Kier alpha value is -1.58. The van der Waals surface area contributed by atoms with Crippen molar-refractivity contribution in [1.82, 2.24) is 4.31 Å². The van der Waals surface area contributed by atoms with E-state index in [2.05, 4.69) is 0 Å². The van der Waals surface area contributed by atoms with Crippen LogP contribution in [0.1, 0.15) is 12.8 Å². The van der Waals surface area contributed by atoms with E-state index >= 15 is 0 Å². The highest BCUT2D eigenvalue weighted by Crippen LogP contribution is 2.30. The van der Waals surface area contributed by atoms with Gasteiger partial charge in [0.1, 0.15) is 5.82 Å². The smallest absolute Gasteiger partial charge is 0.292 e. The molecule has 1 heterocycles. The molecule has 1 aromatic rings. The van der Waals surface area contributed by atoms with Crippen LogP contribution in [-0.2, 0) is 10.0 Å². The van der Waals surface area contributed by atoms with Crippen molar-refractivity contribution in [3.63, 3.8) is 0 Å². The first-order chi connectivity index (χ1) is 9.34. The topological polar surface area (TPSA) is 107 Å². The number of hydrogen-bond acceptors (Lipinski definition) is 5. The van der Waals surface area contributed by atoms with Gasteiger partial charge in [0.2, 0.25) is 0 Å². The van der Waals surface area contributed by atoms with Crippen molar-refractivity contribution < 1.29 is 17.7 Å². The zero-order chi connectivity index (χ0) is 14.9. The maximum absolute atomic E-state index is 13.8. The monoisotopic (exact) mass is 303 g/mol. The summed E-state index contributed by atoms with van der Waals surface area (Å²) in [7, 11) is -4.23. The fourth-order valence-electron chi connectivity index (χ4n) is 2.14. The van der Waals surface area contributed by atoms with Crippen LogP contribution in [0.2, 0.25) is 0 Å². The zero-order valence-electron chi connectivity index (χ0n) is 10.5. The van der Waals surface area contributed by atoms with Gasteiger partial charge in [0, 0.05) is 25.2 Å². The van der Waals surface area contributed by atoms with Gasteiger partial charge in [0.25, 0.3) is 15.7 Å². The van der Waals surface area contributed by atoms with E-state index in [0.29, 0.717) is 12.8 Å². The molecule has 0 unspecified atom stereocenters. The third-order valence-electron chi connectivity index (χ3n) is 3.24. The molecule has 0 spiro atoms. The van der Waals surface area contributed by atoms with Crippen molar-refractivity contribution >= 4 is 15.7 Å². The first kappa shape index (κ1) is 14.8. The number of benzene rings is 1. The fraction of sp³-hybridized carbons (Fsp3) is 0.455. The summed E-state index contributed by atoms with van der Waals surface area (Å²) in [5.41, 5.74) is 4.93. The summed E-state index contributed by atoms with van der Waals surface area (Å²) in [5.74, 6) is -1.12. The van der Waals surface area contributed by atoms with Crippen LogP contribution in [0.25, 0.3) is 0 Å². The molecule has 1 aromatic carbocycles. The van der Waals surface area contributed by atoms with Crippen LogP contribution in [0.15, 0.2) is 23.1 Å². The number of nitrogens with zero attached hydrogens (tertiary/aromatic N) is 2. The average Bonchev–Trinajstić information content (AvgIpc) is 2.38. The van der Waals surface area contributed by atoms with Gasteiger partial charge in [-0.05, 0) is 18.9 Å². The van der Waals surface area contributed by atoms with Gasteiger partial charge in [-0.15, -0.1) is 0 Å². The lowest BCUT2D eigenvalue weighted by atomic mass is 10.1. The Kier molecular flexibility index (Phi) is 4.02. The summed E-state index contributed by atoms with van der Waals surface area (Å²) in [5, 5.41) is 10.9. The summed E-state index contributed by atoms with van der Waals surface area (Å²) in [6.07, 6.45) is 0.892. The van der Waals surface area contributed by atoms with Crippen LogP contribution in [0, 0.1) is 15.9 Å². The molecule has 20 heavy (non-hydrogen) atoms. The molecule has 2 rings (SSSR count). The highest BCUT2D eigenvalue weighted by atomic mass is 32.2. The predicted molar refractivity (Wildman–Crippen MR) is 69.0 cm³/mol. The van der Waals surface area contributed by atoms with E-state index < -0.39 is 31.3 Å². The highest BCUT2D eigenvalue weighted by Gasteiger charge is 2.36. The number of sulfonamides is 1. The zero-order valence-corrected chi connectivity index (χ0v) is 11.3. The van der Waals surface area contributed by atoms with Gasteiger partial charge in [-0.2, -0.15) is 4.31 Å². The van der Waals surface area contributed by atoms with Gasteiger partial charge in [-0.3, -0.25) is 10.1 Å². The third kappa shape index (κ3) is 2.65. The van der Waals surface area contributed by atoms with Crippen molar-refractivity contribution in [1.29, 1.82) is 0 Å². The molecule has 2 N–H and O–H groups in total. The van der Waals surface area contributed by atoms with Crippen LogP contribution < -0.4 is 5.73 Å². The molecule has 0 atom stereocenters. The molecule has 1 aliphatic heterocycles. The molecule has 110 valence electrons. The Morgan fingerprint density at radius 3 is 2.50 bits per heavy atom. The average molecular weight is 303 g/mol. The third-order valence-corrected chi connectivity index (χ3v) is 5.20. The molecule has 0 aromatic heterocycles. The maximum atomic E-state index is 13.8. The molecular weight excluding hydrogens is 289 g/mol. The van der Waals surface area contributed by atoms with Crippen molar-refractivity contribution in [3.05, 3.63) is 34.1 Å². The van der Waals surface area contributed by atoms with Crippen LogP contribution in [0.4, 0.5) is 10.1 Å². The highest BCUT2D eigenvalue weighted by molar-refractivity contribution is 7.89. The lowest BCUT2D eigenvalue weighted by Crippen LogP contribution is -2.43. The standard InChI is InChI=1S/C11H14FN3O4S/c12-9-2-1-3-10(15(16)17)11(9)20(18,19)14-6-4-8(13)5-7-14/h1-3,8H,4-7,13H2. The van der Waals surface area contributed by atoms with Crippen LogP contribution in [0.3, 0.4) is 0 Å². The number of halogens is 1. The van der Waals surface area contributed by atoms with Gasteiger partial charge in [0.05, 0.1) is 4.92 Å². The van der Waals surface area contributed by atoms with E-state index in [9.17, 15) is 22.9 Å². The normalized spacial score (nSPS) is 18.1. The molecule has 7 nitrogen and oxygen atoms in total. The molecule has 0 radical (unpaired) electrons. The Morgan fingerprint density at radius 2 is 1.95 bits per heavy atom. The lowest BCUT2D eigenvalue weighted by molar-refractivity contribution is -0.388. The molecule has 0 aliphatic carbocycles. The van der Waals surface area contributed by atoms with Crippen LogP contribution in [-0.4, -0.2) is 36.8 Å². The molecule has 9 heteroatoms. The van der Waals surface area contributed by atoms with E-state index in [1.807, 2.05) is 0 Å². The van der Waals surface area contributed by atoms with Crippen molar-refractivity contribution in [3.8, 4) is 0 Å². The number of nitro groups is 1. The van der Waals surface area contributed by atoms with E-state index in [1.54, 1.807) is 0 Å². The molecule has 1 saturated heterocycles. The summed E-state index contributed by atoms with van der Waals surface area (Å²) in [4.78, 5) is 9.12. The van der Waals surface area contributed by atoms with Gasteiger partial charge in [-0.1, -0.05) is 6.07 Å². The van der Waals surface area contributed by atoms with Crippen LogP contribution >= 0.6 is 0 Å². The van der Waals surface area contributed by atoms with E-state index in [0.717, 1.165) is 22.5 Å². The second-order valence-corrected chi connectivity index (χ2v) is 6.46.